The molecule has 0 saturated carbocycles. The van der Waals surface area contributed by atoms with Crippen molar-refractivity contribution in [2.75, 3.05) is 43.0 Å². The maximum Gasteiger partial charge on any atom is 0.351 e. The average molecular weight is 827 g/mol. The summed E-state index contributed by atoms with van der Waals surface area (Å²) in [7, 11) is 1.73. The van der Waals surface area contributed by atoms with Crippen LogP contribution >= 0.6 is 0 Å². The highest BCUT2D eigenvalue weighted by atomic mass is 19.3. The monoisotopic (exact) mass is 826 g/mol. The maximum atomic E-state index is 16.2. The highest BCUT2D eigenvalue weighted by Gasteiger charge is 2.57. The van der Waals surface area contributed by atoms with Crippen molar-refractivity contribution in [2.24, 2.45) is 0 Å². The topological polar surface area (TPSA) is 176 Å². The Labute approximate surface area is 343 Å². The van der Waals surface area contributed by atoms with Gasteiger partial charge in [-0.25, -0.2) is 28.1 Å². The number of aliphatic hydroxyl groups is 1. The molecule has 2 N–H and O–H groups in total. The van der Waals surface area contributed by atoms with Gasteiger partial charge in [-0.05, 0) is 79.7 Å². The minimum Gasteiger partial charge on any atom is -0.480 e. The van der Waals surface area contributed by atoms with E-state index in [9.17, 15) is 24.2 Å². The number of likely N-dealkylation sites (N-methyl/N-ethyl adjacent to an activating group) is 1. The zero-order chi connectivity index (χ0) is 42.8. The molecule has 1 unspecified atom stereocenters. The Bertz CT molecular complexity index is 2440. The van der Waals surface area contributed by atoms with E-state index in [-0.39, 0.29) is 17.8 Å². The van der Waals surface area contributed by atoms with Crippen LogP contribution in [0.1, 0.15) is 44.5 Å². The molecular weight excluding hydrogens is 782 g/mol. The van der Waals surface area contributed by atoms with Crippen molar-refractivity contribution < 1.29 is 28.2 Å². The molecule has 1 aliphatic heterocycles. The third kappa shape index (κ3) is 7.96. The van der Waals surface area contributed by atoms with Gasteiger partial charge in [0.05, 0.1) is 24.5 Å². The maximum absolute atomic E-state index is 16.2. The van der Waals surface area contributed by atoms with Crippen LogP contribution in [0.2, 0.25) is 0 Å². The first-order valence-corrected chi connectivity index (χ1v) is 19.4. The molecule has 1 saturated heterocycles. The lowest BCUT2D eigenvalue weighted by Crippen LogP contribution is -2.48. The number of hydrogen-bond acceptors (Lipinski definition) is 12. The number of aliphatic carboxylic acids is 1. The Morgan fingerprint density at radius 1 is 0.883 bits per heavy atom. The summed E-state index contributed by atoms with van der Waals surface area (Å²) in [6.45, 7) is 7.47. The van der Waals surface area contributed by atoms with Gasteiger partial charge in [-0.2, -0.15) is 13.9 Å². The third-order valence-corrected chi connectivity index (χ3v) is 11.5. The molecule has 4 aromatic heterocycles. The first-order chi connectivity index (χ1) is 28.7. The van der Waals surface area contributed by atoms with Crippen LogP contribution in [0.3, 0.4) is 0 Å². The fourth-order valence-electron chi connectivity index (χ4n) is 7.61. The number of tetrazole rings is 1. The van der Waals surface area contributed by atoms with Gasteiger partial charge >= 0.3 is 17.6 Å². The molecule has 5 heterocycles. The Hall–Kier alpha value is -6.47. The van der Waals surface area contributed by atoms with E-state index in [0.717, 1.165) is 59.2 Å². The van der Waals surface area contributed by atoms with E-state index in [1.54, 1.807) is 31.1 Å². The molecule has 0 radical (unpaired) electrons. The second-order valence-corrected chi connectivity index (χ2v) is 14.9. The van der Waals surface area contributed by atoms with Gasteiger partial charge in [-0.1, -0.05) is 43.3 Å². The van der Waals surface area contributed by atoms with Crippen LogP contribution in [0.5, 0.6) is 0 Å². The van der Waals surface area contributed by atoms with Crippen LogP contribution < -0.4 is 15.5 Å². The first-order valence-electron chi connectivity index (χ1n) is 19.4. The van der Waals surface area contributed by atoms with Gasteiger partial charge in [0.15, 0.2) is 5.60 Å². The molecule has 0 bridgehead atoms. The summed E-state index contributed by atoms with van der Waals surface area (Å²) in [4.78, 5) is 39.8. The van der Waals surface area contributed by atoms with Crippen LogP contribution in [0.25, 0.3) is 16.9 Å². The summed E-state index contributed by atoms with van der Waals surface area (Å²) in [6, 6.07) is 17.4. The number of anilines is 2. The summed E-state index contributed by atoms with van der Waals surface area (Å²) < 4.78 is 51.0. The predicted molar refractivity (Wildman–Crippen MR) is 215 cm³/mol. The molecule has 60 heavy (non-hydrogen) atoms. The number of alkyl halides is 2. The normalized spacial score (nSPS) is 16.1. The average Bonchev–Trinajstić information content (AvgIpc) is 3.93. The van der Waals surface area contributed by atoms with Gasteiger partial charge in [0.25, 0.3) is 0 Å². The second kappa shape index (κ2) is 17.0. The number of pyridine rings is 2. The van der Waals surface area contributed by atoms with Gasteiger partial charge in [0.2, 0.25) is 0 Å². The zero-order valence-electron chi connectivity index (χ0n) is 33.4. The van der Waals surface area contributed by atoms with E-state index < -0.39 is 47.2 Å². The zero-order valence-corrected chi connectivity index (χ0v) is 33.4. The fraction of sp³-hybridized carbons (Fsp3) is 0.366. The molecule has 1 fully saturated rings. The molecule has 0 spiro atoms. The fourth-order valence-corrected chi connectivity index (χ4v) is 7.61. The molecule has 0 amide bonds. The standard InChI is InChI=1S/C41H45F3N12O4/c1-5-35(27(2)51(4)28(3)38(57)58)56-39(59)55(26-48-56)37-17-15-32(23-46-37)53-20-18-52(19-21-53)31-13-10-29(11-14-31)30-12-16-36(45-22-30)41(43,44)40(60,24-54-25-47-49-50-54)33-8-6-7-9-34(33)42/h6-17,22-23,25-28,35,60H,5,18-21,24H2,1-4H3,(H,57,58)/t27-,28?,35-,40-/m0/s1. The number of carboxylic acids is 1. The molecule has 314 valence electrons. The van der Waals surface area contributed by atoms with E-state index in [1.807, 2.05) is 44.2 Å². The number of benzene rings is 2. The molecular formula is C41H45F3N12O4. The Kier molecular flexibility index (Phi) is 11.8. The number of halogens is 3. The highest BCUT2D eigenvalue weighted by Crippen LogP contribution is 2.46. The number of aromatic nitrogens is 9. The van der Waals surface area contributed by atoms with Crippen LogP contribution in [0.4, 0.5) is 24.5 Å². The lowest BCUT2D eigenvalue weighted by Gasteiger charge is -2.37. The summed E-state index contributed by atoms with van der Waals surface area (Å²) in [5.41, 5.74) is -1.59. The second-order valence-electron chi connectivity index (χ2n) is 14.9. The number of hydrogen-bond donors (Lipinski definition) is 2. The predicted octanol–water partition coefficient (Wildman–Crippen LogP) is 4.37. The number of nitrogens with zero attached hydrogens (tertiary/aromatic N) is 12. The van der Waals surface area contributed by atoms with E-state index >= 15 is 8.78 Å². The summed E-state index contributed by atoms with van der Waals surface area (Å²) in [6.07, 6.45) is 6.10. The van der Waals surface area contributed by atoms with Crippen molar-refractivity contribution in [2.45, 2.75) is 63.4 Å². The van der Waals surface area contributed by atoms with Gasteiger partial charge in [0, 0.05) is 55.2 Å². The Morgan fingerprint density at radius 2 is 1.55 bits per heavy atom. The number of rotatable bonds is 15. The number of carboxylic acid groups (broad SMARTS) is 1. The van der Waals surface area contributed by atoms with Gasteiger partial charge in [-0.3, -0.25) is 14.7 Å². The SMILES string of the molecule is CC[C@@H]([C@H](C)N(C)C(C)C(=O)O)n1ncn(-c2ccc(N3CCN(c4ccc(-c5ccc(C(F)(F)[C@](O)(Cn6cnnn6)c6ccccc6F)nc5)cc4)CC3)cn2)c1=O. The van der Waals surface area contributed by atoms with Gasteiger partial charge in [0.1, 0.15) is 36.0 Å². The highest BCUT2D eigenvalue weighted by molar-refractivity contribution is 5.73. The summed E-state index contributed by atoms with van der Waals surface area (Å²) in [5, 5.41) is 35.8. The molecule has 4 atom stereocenters. The van der Waals surface area contributed by atoms with E-state index in [2.05, 4.69) is 40.4 Å². The molecule has 7 rings (SSSR count). The number of piperazine rings is 1. The Morgan fingerprint density at radius 3 is 2.13 bits per heavy atom. The van der Waals surface area contributed by atoms with Crippen molar-refractivity contribution in [3.05, 3.63) is 125 Å². The van der Waals surface area contributed by atoms with Crippen molar-refractivity contribution in [1.82, 2.24) is 49.4 Å². The van der Waals surface area contributed by atoms with Crippen molar-refractivity contribution in [3.63, 3.8) is 0 Å². The molecule has 1 aliphatic rings. The van der Waals surface area contributed by atoms with Gasteiger partial charge in [-0.15, -0.1) is 5.10 Å². The molecule has 6 aromatic rings. The minimum absolute atomic E-state index is 0.269. The van der Waals surface area contributed by atoms with Crippen LogP contribution in [0, 0.1) is 5.82 Å². The molecule has 19 heteroatoms. The van der Waals surface area contributed by atoms with E-state index in [0.29, 0.717) is 30.9 Å². The smallest absolute Gasteiger partial charge is 0.351 e. The minimum atomic E-state index is -4.05. The van der Waals surface area contributed by atoms with Crippen LogP contribution in [-0.4, -0.2) is 111 Å². The lowest BCUT2D eigenvalue weighted by molar-refractivity contribution is -0.207. The summed E-state index contributed by atoms with van der Waals surface area (Å²) >= 11 is 0. The first kappa shape index (κ1) is 41.7. The van der Waals surface area contributed by atoms with E-state index in [1.165, 1.54) is 40.0 Å². The molecule has 16 nitrogen and oxygen atoms in total. The van der Waals surface area contributed by atoms with Crippen molar-refractivity contribution in [1.29, 1.82) is 0 Å². The van der Waals surface area contributed by atoms with Crippen LogP contribution in [0.15, 0.2) is 103 Å². The lowest BCUT2D eigenvalue weighted by atomic mass is 9.84. The third-order valence-electron chi connectivity index (χ3n) is 11.5. The molecule has 2 aromatic carbocycles. The largest absolute Gasteiger partial charge is 0.480 e. The van der Waals surface area contributed by atoms with Crippen molar-refractivity contribution in [3.8, 4) is 16.9 Å². The quantitative estimate of drug-likeness (QED) is 0.150. The summed E-state index contributed by atoms with van der Waals surface area (Å²) in [5.74, 6) is -5.58. The Balaban J connectivity index is 0.981. The van der Waals surface area contributed by atoms with Gasteiger partial charge < -0.3 is 20.0 Å². The number of carbonyl (C=O) groups is 1. The van der Waals surface area contributed by atoms with Crippen LogP contribution in [-0.2, 0) is 22.9 Å². The molecule has 0 aliphatic carbocycles. The van der Waals surface area contributed by atoms with E-state index in [4.69, 9.17) is 0 Å². The van der Waals surface area contributed by atoms with Crippen molar-refractivity contribution >= 4 is 17.3 Å².